The number of carbonyl (C=O) groups is 1. The van der Waals surface area contributed by atoms with Crippen LogP contribution < -0.4 is 4.74 Å². The summed E-state index contributed by atoms with van der Waals surface area (Å²) in [7, 11) is 3.85. The van der Waals surface area contributed by atoms with Crippen molar-refractivity contribution in [2.75, 3.05) is 33.7 Å². The number of hydrogen-bond acceptors (Lipinski definition) is 5. The molecule has 4 aromatic rings. The van der Waals surface area contributed by atoms with E-state index in [1.54, 1.807) is 6.33 Å². The van der Waals surface area contributed by atoms with E-state index in [0.717, 1.165) is 53.1 Å². The monoisotopic (exact) mass is 474 g/mol. The largest absolute Gasteiger partial charge is 0.489 e. The van der Waals surface area contributed by atoms with Crippen molar-refractivity contribution < 1.29 is 9.53 Å². The summed E-state index contributed by atoms with van der Waals surface area (Å²) in [6.45, 7) is 8.37. The Hall–Kier alpha value is -3.39. The first-order valence-electron chi connectivity index (χ1n) is 12.3. The van der Waals surface area contributed by atoms with Gasteiger partial charge in [-0.25, -0.2) is 9.50 Å². The molecule has 1 fully saturated rings. The molecule has 1 saturated heterocycles. The fourth-order valence-electron chi connectivity index (χ4n) is 5.15. The number of piperidine rings is 1. The van der Waals surface area contributed by atoms with Gasteiger partial charge in [-0.1, -0.05) is 13.8 Å². The third kappa shape index (κ3) is 4.62. The summed E-state index contributed by atoms with van der Waals surface area (Å²) >= 11 is 0. The van der Waals surface area contributed by atoms with Crippen molar-refractivity contribution in [1.82, 2.24) is 29.4 Å². The van der Waals surface area contributed by atoms with Crippen molar-refractivity contribution in [2.24, 2.45) is 0 Å². The number of likely N-dealkylation sites (tertiary alicyclic amines) is 1. The first-order chi connectivity index (χ1) is 16.8. The second-order valence-corrected chi connectivity index (χ2v) is 10.2. The molecular weight excluding hydrogens is 440 g/mol. The summed E-state index contributed by atoms with van der Waals surface area (Å²) in [6.07, 6.45) is 5.54. The first kappa shape index (κ1) is 23.4. The third-order valence-corrected chi connectivity index (χ3v) is 6.72. The number of aromatic amines is 1. The van der Waals surface area contributed by atoms with Crippen LogP contribution in [0.5, 0.6) is 5.75 Å². The van der Waals surface area contributed by atoms with E-state index in [-0.39, 0.29) is 12.0 Å². The predicted molar refractivity (Wildman–Crippen MR) is 138 cm³/mol. The molecule has 0 spiro atoms. The molecular formula is C27H34N6O2. The number of H-pyrrole nitrogens is 1. The molecule has 8 heteroatoms. The smallest absolute Gasteiger partial charge is 0.236 e. The van der Waals surface area contributed by atoms with E-state index < -0.39 is 0 Å². The lowest BCUT2D eigenvalue weighted by Gasteiger charge is -2.33. The molecule has 1 N–H and O–H groups in total. The number of likely N-dealkylation sites (N-methyl/N-ethyl adjacent to an activating group) is 1. The Bertz CT molecular complexity index is 1370. The summed E-state index contributed by atoms with van der Waals surface area (Å²) < 4.78 is 8.26. The Morgan fingerprint density at radius 2 is 2.11 bits per heavy atom. The zero-order valence-corrected chi connectivity index (χ0v) is 21.2. The zero-order valence-electron chi connectivity index (χ0n) is 21.2. The summed E-state index contributed by atoms with van der Waals surface area (Å²) in [4.78, 5) is 24.4. The number of aromatic nitrogens is 4. The molecule has 1 aliphatic rings. The first-order valence-corrected chi connectivity index (χ1v) is 12.3. The molecule has 0 saturated carbocycles. The number of rotatable bonds is 6. The van der Waals surface area contributed by atoms with Crippen LogP contribution in [0.15, 0.2) is 36.8 Å². The van der Waals surface area contributed by atoms with Gasteiger partial charge in [0.1, 0.15) is 18.2 Å². The number of ether oxygens (including phenoxy) is 1. The highest BCUT2D eigenvalue weighted by Gasteiger charge is 2.25. The molecule has 0 radical (unpaired) electrons. The van der Waals surface area contributed by atoms with E-state index in [1.165, 1.54) is 10.9 Å². The Balaban J connectivity index is 1.45. The third-order valence-electron chi connectivity index (χ3n) is 6.72. The number of amides is 1. The maximum Gasteiger partial charge on any atom is 0.236 e. The van der Waals surface area contributed by atoms with Gasteiger partial charge in [0.2, 0.25) is 5.91 Å². The topological polar surface area (TPSA) is 78.8 Å². The SMILES string of the molecule is Cc1cc(-c2[nH]c3ccc(OC4CCCN(C(=O)CN(C)C)C4)cc3c2C(C)C)cn2ncnc12. The molecule has 0 aliphatic carbocycles. The van der Waals surface area contributed by atoms with Crippen molar-refractivity contribution in [3.05, 3.63) is 47.9 Å². The van der Waals surface area contributed by atoms with E-state index in [0.29, 0.717) is 19.0 Å². The molecule has 1 atom stereocenters. The fraction of sp³-hybridized carbons (Fsp3) is 0.444. The number of benzene rings is 1. The lowest BCUT2D eigenvalue weighted by molar-refractivity contribution is -0.134. The lowest BCUT2D eigenvalue weighted by Crippen LogP contribution is -2.47. The minimum atomic E-state index is 0.00518. The highest BCUT2D eigenvalue weighted by molar-refractivity contribution is 5.92. The van der Waals surface area contributed by atoms with E-state index >= 15 is 0 Å². The van der Waals surface area contributed by atoms with Gasteiger partial charge in [-0.3, -0.25) is 4.79 Å². The normalized spacial score (nSPS) is 16.7. The summed E-state index contributed by atoms with van der Waals surface area (Å²) in [5.74, 6) is 1.32. The summed E-state index contributed by atoms with van der Waals surface area (Å²) in [5.41, 5.74) is 6.49. The molecule has 1 aliphatic heterocycles. The summed E-state index contributed by atoms with van der Waals surface area (Å²) in [5, 5.41) is 5.52. The predicted octanol–water partition coefficient (Wildman–Crippen LogP) is 4.24. The van der Waals surface area contributed by atoms with E-state index in [4.69, 9.17) is 4.74 Å². The van der Waals surface area contributed by atoms with Gasteiger partial charge in [-0.05, 0) is 75.2 Å². The summed E-state index contributed by atoms with van der Waals surface area (Å²) in [6, 6.07) is 8.43. The van der Waals surface area contributed by atoms with Gasteiger partial charge in [0, 0.05) is 29.2 Å². The number of aryl methyl sites for hydroxylation is 1. The number of hydrogen-bond donors (Lipinski definition) is 1. The van der Waals surface area contributed by atoms with Crippen molar-refractivity contribution >= 4 is 22.5 Å². The molecule has 5 rings (SSSR count). The quantitative estimate of drug-likeness (QED) is 0.452. The average Bonchev–Trinajstić information content (AvgIpc) is 3.43. The molecule has 1 unspecified atom stereocenters. The van der Waals surface area contributed by atoms with Crippen LogP contribution in [0.4, 0.5) is 0 Å². The van der Waals surface area contributed by atoms with Crippen LogP contribution >= 0.6 is 0 Å². The van der Waals surface area contributed by atoms with Crippen molar-refractivity contribution in [3.8, 4) is 17.0 Å². The van der Waals surface area contributed by atoms with Gasteiger partial charge in [0.25, 0.3) is 0 Å². The molecule has 3 aromatic heterocycles. The molecule has 1 aromatic carbocycles. The molecule has 35 heavy (non-hydrogen) atoms. The Kier molecular flexibility index (Phi) is 6.23. The zero-order chi connectivity index (χ0) is 24.7. The fourth-order valence-corrected chi connectivity index (χ4v) is 5.15. The number of nitrogens with one attached hydrogen (secondary N) is 1. The lowest BCUT2D eigenvalue weighted by atomic mass is 9.96. The van der Waals surface area contributed by atoms with Crippen LogP contribution in [0.2, 0.25) is 0 Å². The minimum Gasteiger partial charge on any atom is -0.489 e. The standard InChI is InChI=1S/C27H34N6O2/c1-17(2)25-22-12-20(35-21-7-6-10-32(14-21)24(34)15-31(4)5)8-9-23(22)30-26(25)19-11-18(3)27-28-16-29-33(27)13-19/h8-9,11-13,16-17,21,30H,6-7,10,14-15H2,1-5H3. The van der Waals surface area contributed by atoms with E-state index in [2.05, 4.69) is 54.0 Å². The maximum atomic E-state index is 12.5. The van der Waals surface area contributed by atoms with Gasteiger partial charge in [0.15, 0.2) is 5.65 Å². The van der Waals surface area contributed by atoms with Crippen LogP contribution in [0, 0.1) is 6.92 Å². The van der Waals surface area contributed by atoms with Gasteiger partial charge >= 0.3 is 0 Å². The molecule has 0 bridgehead atoms. The molecule has 8 nitrogen and oxygen atoms in total. The van der Waals surface area contributed by atoms with Crippen molar-refractivity contribution in [1.29, 1.82) is 0 Å². The van der Waals surface area contributed by atoms with Crippen LogP contribution in [-0.2, 0) is 4.79 Å². The Morgan fingerprint density at radius 3 is 2.89 bits per heavy atom. The molecule has 4 heterocycles. The molecule has 184 valence electrons. The average molecular weight is 475 g/mol. The number of fused-ring (bicyclic) bond motifs is 2. The number of carbonyl (C=O) groups excluding carboxylic acids is 1. The van der Waals surface area contributed by atoms with Gasteiger partial charge in [-0.15, -0.1) is 0 Å². The second kappa shape index (κ2) is 9.34. The minimum absolute atomic E-state index is 0.00518. The van der Waals surface area contributed by atoms with Gasteiger partial charge in [0.05, 0.1) is 18.8 Å². The second-order valence-electron chi connectivity index (χ2n) is 10.2. The van der Waals surface area contributed by atoms with Crippen LogP contribution in [0.1, 0.15) is 43.7 Å². The van der Waals surface area contributed by atoms with Crippen molar-refractivity contribution in [2.45, 2.75) is 45.6 Å². The van der Waals surface area contributed by atoms with E-state index in [1.807, 2.05) is 40.7 Å². The van der Waals surface area contributed by atoms with Gasteiger partial charge in [-0.2, -0.15) is 5.10 Å². The Labute approximate surface area is 205 Å². The maximum absolute atomic E-state index is 12.5. The van der Waals surface area contributed by atoms with E-state index in [9.17, 15) is 4.79 Å². The molecule has 1 amide bonds. The Morgan fingerprint density at radius 1 is 1.29 bits per heavy atom. The van der Waals surface area contributed by atoms with Crippen LogP contribution in [-0.4, -0.2) is 75.1 Å². The van der Waals surface area contributed by atoms with Crippen LogP contribution in [0.25, 0.3) is 27.8 Å². The number of pyridine rings is 1. The highest BCUT2D eigenvalue weighted by atomic mass is 16.5. The van der Waals surface area contributed by atoms with Crippen LogP contribution in [0.3, 0.4) is 0 Å². The highest BCUT2D eigenvalue weighted by Crippen LogP contribution is 2.37. The van der Waals surface area contributed by atoms with Gasteiger partial charge < -0.3 is 19.5 Å². The van der Waals surface area contributed by atoms with Crippen molar-refractivity contribution in [3.63, 3.8) is 0 Å². The number of nitrogens with zero attached hydrogens (tertiary/aromatic N) is 5.